The van der Waals surface area contributed by atoms with Crippen LogP contribution in [0, 0.1) is 11.3 Å². The predicted molar refractivity (Wildman–Crippen MR) is 127 cm³/mol. The maximum Gasteiger partial charge on any atom is 0.411 e. The molecule has 1 aliphatic carbocycles. The van der Waals surface area contributed by atoms with E-state index in [0.29, 0.717) is 31.0 Å². The number of nitrogens with one attached hydrogen (secondary N) is 1. The average Bonchev–Trinajstić information content (AvgIpc) is 3.44. The Morgan fingerprint density at radius 2 is 1.91 bits per heavy atom. The SMILES string of the molecule is CCn1c(-c2ccc(NC(=O)OC3CCCC3)cc2)c(C#N)c2ccc(OCCOC)cc21. The van der Waals surface area contributed by atoms with Gasteiger partial charge in [0, 0.05) is 30.8 Å². The van der Waals surface area contributed by atoms with Crippen molar-refractivity contribution in [1.82, 2.24) is 4.57 Å². The molecule has 0 saturated heterocycles. The highest BCUT2D eigenvalue weighted by atomic mass is 16.6. The van der Waals surface area contributed by atoms with Crippen LogP contribution in [0.15, 0.2) is 42.5 Å². The van der Waals surface area contributed by atoms with Crippen molar-refractivity contribution in [3.63, 3.8) is 0 Å². The number of aryl methyl sites for hydroxylation is 1. The van der Waals surface area contributed by atoms with Gasteiger partial charge in [0.05, 0.1) is 23.4 Å². The van der Waals surface area contributed by atoms with Gasteiger partial charge in [-0.1, -0.05) is 12.1 Å². The quantitative estimate of drug-likeness (QED) is 0.447. The molecular weight excluding hydrogens is 418 g/mol. The summed E-state index contributed by atoms with van der Waals surface area (Å²) < 4.78 is 18.4. The minimum atomic E-state index is -0.420. The van der Waals surface area contributed by atoms with Crippen LogP contribution in [0.3, 0.4) is 0 Å². The number of aromatic nitrogens is 1. The fourth-order valence-corrected chi connectivity index (χ4v) is 4.42. The molecule has 1 N–H and O–H groups in total. The molecule has 1 aromatic heterocycles. The van der Waals surface area contributed by atoms with Crippen LogP contribution >= 0.6 is 0 Å². The van der Waals surface area contributed by atoms with E-state index >= 15 is 0 Å². The molecule has 33 heavy (non-hydrogen) atoms. The van der Waals surface area contributed by atoms with Crippen molar-refractivity contribution in [3.8, 4) is 23.1 Å². The summed E-state index contributed by atoms with van der Waals surface area (Å²) in [6.07, 6.45) is 3.69. The van der Waals surface area contributed by atoms with Crippen LogP contribution in [0.1, 0.15) is 38.2 Å². The maximum atomic E-state index is 12.2. The smallest absolute Gasteiger partial charge is 0.411 e. The molecule has 1 fully saturated rings. The number of rotatable bonds is 8. The molecule has 2 aromatic carbocycles. The second-order valence-corrected chi connectivity index (χ2v) is 8.11. The molecule has 0 radical (unpaired) electrons. The molecule has 0 bridgehead atoms. The molecule has 0 aliphatic heterocycles. The summed E-state index contributed by atoms with van der Waals surface area (Å²) in [5.74, 6) is 0.739. The van der Waals surface area contributed by atoms with E-state index in [9.17, 15) is 10.1 Å². The molecule has 1 amide bonds. The number of nitriles is 1. The molecule has 0 atom stereocenters. The van der Waals surface area contributed by atoms with Crippen LogP contribution in [0.25, 0.3) is 22.2 Å². The van der Waals surface area contributed by atoms with E-state index in [1.807, 2.05) is 42.5 Å². The fourth-order valence-electron chi connectivity index (χ4n) is 4.42. The number of carbonyl (C=O) groups is 1. The summed E-state index contributed by atoms with van der Waals surface area (Å²) in [6, 6.07) is 15.7. The molecule has 7 nitrogen and oxygen atoms in total. The van der Waals surface area contributed by atoms with Gasteiger partial charge in [0.1, 0.15) is 24.5 Å². The highest BCUT2D eigenvalue weighted by Gasteiger charge is 2.20. The second-order valence-electron chi connectivity index (χ2n) is 8.11. The van der Waals surface area contributed by atoms with Gasteiger partial charge in [-0.15, -0.1) is 0 Å². The standard InChI is InChI=1S/C26H29N3O4/c1-3-29-24-16-21(32-15-14-31-2)12-13-22(24)23(17-27)25(29)18-8-10-19(11-9-18)28-26(30)33-20-6-4-5-7-20/h8-13,16,20H,3-7,14-15H2,1-2H3,(H,28,30). The van der Waals surface area contributed by atoms with Crippen molar-refractivity contribution in [2.75, 3.05) is 25.6 Å². The van der Waals surface area contributed by atoms with E-state index in [4.69, 9.17) is 14.2 Å². The Labute approximate surface area is 193 Å². The molecular formula is C26H29N3O4. The van der Waals surface area contributed by atoms with Crippen molar-refractivity contribution in [1.29, 1.82) is 5.26 Å². The first-order valence-corrected chi connectivity index (χ1v) is 11.4. The Morgan fingerprint density at radius 3 is 2.58 bits per heavy atom. The molecule has 3 aromatic rings. The van der Waals surface area contributed by atoms with Gasteiger partial charge in [-0.3, -0.25) is 5.32 Å². The molecule has 4 rings (SSSR count). The summed E-state index contributed by atoms with van der Waals surface area (Å²) in [4.78, 5) is 12.2. The zero-order valence-electron chi connectivity index (χ0n) is 19.1. The Bertz CT molecular complexity index is 1150. The first-order valence-electron chi connectivity index (χ1n) is 11.4. The first kappa shape index (κ1) is 22.7. The lowest BCUT2D eigenvalue weighted by atomic mass is 10.1. The van der Waals surface area contributed by atoms with Gasteiger partial charge in [-0.2, -0.15) is 5.26 Å². The average molecular weight is 448 g/mol. The summed E-state index contributed by atoms with van der Waals surface area (Å²) >= 11 is 0. The Balaban J connectivity index is 1.60. The van der Waals surface area contributed by atoms with Crippen LogP contribution in [-0.2, 0) is 16.0 Å². The Kier molecular flexibility index (Phi) is 7.16. The van der Waals surface area contributed by atoms with Gasteiger partial charge >= 0.3 is 6.09 Å². The minimum absolute atomic E-state index is 0.0195. The van der Waals surface area contributed by atoms with Crippen LogP contribution in [0.5, 0.6) is 5.75 Å². The summed E-state index contributed by atoms with van der Waals surface area (Å²) in [6.45, 7) is 3.72. The van der Waals surface area contributed by atoms with Crippen molar-refractivity contribution < 1.29 is 19.0 Å². The molecule has 0 spiro atoms. The predicted octanol–water partition coefficient (Wildman–Crippen LogP) is 5.72. The van der Waals surface area contributed by atoms with E-state index in [2.05, 4.69) is 22.9 Å². The number of ether oxygens (including phenoxy) is 3. The Hall–Kier alpha value is -3.50. The first-order chi connectivity index (χ1) is 16.1. The number of nitrogens with zero attached hydrogens (tertiary/aromatic N) is 2. The van der Waals surface area contributed by atoms with E-state index in [0.717, 1.165) is 53.6 Å². The number of hydrogen-bond donors (Lipinski definition) is 1. The van der Waals surface area contributed by atoms with Crippen molar-refractivity contribution in [3.05, 3.63) is 48.0 Å². The van der Waals surface area contributed by atoms with Crippen LogP contribution in [0.2, 0.25) is 0 Å². The second kappa shape index (κ2) is 10.4. The van der Waals surface area contributed by atoms with Gasteiger partial charge in [-0.25, -0.2) is 4.79 Å². The minimum Gasteiger partial charge on any atom is -0.491 e. The zero-order chi connectivity index (χ0) is 23.2. The number of amides is 1. The lowest BCUT2D eigenvalue weighted by molar-refractivity contribution is 0.114. The van der Waals surface area contributed by atoms with Crippen LogP contribution < -0.4 is 10.1 Å². The highest BCUT2D eigenvalue weighted by Crippen LogP contribution is 2.35. The summed E-state index contributed by atoms with van der Waals surface area (Å²) in [5, 5.41) is 13.6. The van der Waals surface area contributed by atoms with Gasteiger partial charge < -0.3 is 18.8 Å². The topological polar surface area (TPSA) is 85.5 Å². The monoisotopic (exact) mass is 447 g/mol. The van der Waals surface area contributed by atoms with Crippen molar-refractivity contribution >= 4 is 22.7 Å². The number of anilines is 1. The third-order valence-corrected chi connectivity index (χ3v) is 6.00. The van der Waals surface area contributed by atoms with Gasteiger partial charge in [0.2, 0.25) is 0 Å². The number of methoxy groups -OCH3 is 1. The Morgan fingerprint density at radius 1 is 1.15 bits per heavy atom. The van der Waals surface area contributed by atoms with E-state index in [1.165, 1.54) is 0 Å². The third-order valence-electron chi connectivity index (χ3n) is 6.00. The molecule has 172 valence electrons. The number of carbonyl (C=O) groups excluding carboxylic acids is 1. The van der Waals surface area contributed by atoms with Gasteiger partial charge in [0.25, 0.3) is 0 Å². The lowest BCUT2D eigenvalue weighted by Gasteiger charge is -2.13. The largest absolute Gasteiger partial charge is 0.491 e. The molecule has 7 heteroatoms. The molecule has 1 aliphatic rings. The molecule has 1 heterocycles. The number of hydrogen-bond acceptors (Lipinski definition) is 5. The number of fused-ring (bicyclic) bond motifs is 1. The van der Waals surface area contributed by atoms with E-state index < -0.39 is 6.09 Å². The number of benzene rings is 2. The third kappa shape index (κ3) is 4.96. The van der Waals surface area contributed by atoms with E-state index in [-0.39, 0.29) is 6.10 Å². The maximum absolute atomic E-state index is 12.2. The summed E-state index contributed by atoms with van der Waals surface area (Å²) in [5.41, 5.74) is 3.98. The van der Waals surface area contributed by atoms with Crippen LogP contribution in [-0.4, -0.2) is 37.1 Å². The molecule has 1 saturated carbocycles. The van der Waals surface area contributed by atoms with Crippen molar-refractivity contribution in [2.45, 2.75) is 45.3 Å². The fraction of sp³-hybridized carbons (Fsp3) is 0.385. The van der Waals surface area contributed by atoms with Crippen molar-refractivity contribution in [2.24, 2.45) is 0 Å². The lowest BCUT2D eigenvalue weighted by Crippen LogP contribution is -2.20. The molecule has 0 unspecified atom stereocenters. The van der Waals surface area contributed by atoms with Gasteiger partial charge in [-0.05, 0) is 62.4 Å². The normalized spacial score (nSPS) is 13.7. The highest BCUT2D eigenvalue weighted by molar-refractivity contribution is 5.95. The zero-order valence-corrected chi connectivity index (χ0v) is 19.1. The van der Waals surface area contributed by atoms with Gasteiger partial charge in [0.15, 0.2) is 0 Å². The summed E-state index contributed by atoms with van der Waals surface area (Å²) in [7, 11) is 1.64. The van der Waals surface area contributed by atoms with E-state index in [1.54, 1.807) is 7.11 Å². The van der Waals surface area contributed by atoms with Crippen LogP contribution in [0.4, 0.5) is 10.5 Å².